The van der Waals surface area contributed by atoms with Crippen molar-refractivity contribution in [2.24, 2.45) is 0 Å². The molecule has 0 atom stereocenters. The summed E-state index contributed by atoms with van der Waals surface area (Å²) in [5.41, 5.74) is 3.44. The second-order valence-corrected chi connectivity index (χ2v) is 6.69. The number of carbonyl (C=O) groups excluding carboxylic acids is 1. The highest BCUT2D eigenvalue weighted by atomic mass is 79.9. The lowest BCUT2D eigenvalue weighted by Crippen LogP contribution is -2.49. The first-order valence-electron chi connectivity index (χ1n) is 8.06. The molecule has 0 saturated carbocycles. The van der Waals surface area contributed by atoms with Crippen LogP contribution in [-0.4, -0.2) is 37.0 Å². The van der Waals surface area contributed by atoms with Gasteiger partial charge in [-0.2, -0.15) is 0 Å². The van der Waals surface area contributed by atoms with Crippen LogP contribution in [0.15, 0.2) is 53.0 Å². The van der Waals surface area contributed by atoms with Crippen LogP contribution in [0.25, 0.3) is 0 Å². The van der Waals surface area contributed by atoms with Crippen molar-refractivity contribution in [1.82, 2.24) is 4.90 Å². The van der Waals surface area contributed by atoms with Gasteiger partial charge in [-0.25, -0.2) is 0 Å². The van der Waals surface area contributed by atoms with Crippen molar-refractivity contribution < 1.29 is 4.79 Å². The Morgan fingerprint density at radius 1 is 1.04 bits per heavy atom. The smallest absolute Gasteiger partial charge is 0.254 e. The van der Waals surface area contributed by atoms with Crippen LogP contribution in [0.3, 0.4) is 0 Å². The van der Waals surface area contributed by atoms with Crippen LogP contribution in [0.4, 0.5) is 5.69 Å². The number of para-hydroxylation sites is 1. The highest BCUT2D eigenvalue weighted by molar-refractivity contribution is 9.10. The SMILES string of the molecule is CCc1ccccc1N1CCN(C(=O)c2cccc(Br)c2)CC1. The van der Waals surface area contributed by atoms with Crippen LogP contribution >= 0.6 is 15.9 Å². The van der Waals surface area contributed by atoms with Crippen LogP contribution in [-0.2, 0) is 6.42 Å². The molecule has 1 fully saturated rings. The third-order valence-electron chi connectivity index (χ3n) is 4.35. The molecule has 1 aliphatic heterocycles. The highest BCUT2D eigenvalue weighted by Crippen LogP contribution is 2.23. The third kappa shape index (κ3) is 3.58. The van der Waals surface area contributed by atoms with Gasteiger partial charge in [0.05, 0.1) is 0 Å². The summed E-state index contributed by atoms with van der Waals surface area (Å²) in [4.78, 5) is 16.9. The van der Waals surface area contributed by atoms with Crippen molar-refractivity contribution in [3.63, 3.8) is 0 Å². The molecule has 2 aromatic rings. The second kappa shape index (κ2) is 7.18. The van der Waals surface area contributed by atoms with E-state index < -0.39 is 0 Å². The highest BCUT2D eigenvalue weighted by Gasteiger charge is 2.23. The topological polar surface area (TPSA) is 23.6 Å². The van der Waals surface area contributed by atoms with E-state index in [-0.39, 0.29) is 5.91 Å². The third-order valence-corrected chi connectivity index (χ3v) is 4.84. The lowest BCUT2D eigenvalue weighted by molar-refractivity contribution is 0.0746. The maximum atomic E-state index is 12.6. The van der Waals surface area contributed by atoms with Gasteiger partial charge in [-0.15, -0.1) is 0 Å². The van der Waals surface area contributed by atoms with Gasteiger partial charge in [0.15, 0.2) is 0 Å². The number of nitrogens with zero attached hydrogens (tertiary/aromatic N) is 2. The van der Waals surface area contributed by atoms with Gasteiger partial charge in [-0.05, 0) is 36.2 Å². The van der Waals surface area contributed by atoms with Crippen molar-refractivity contribution in [3.8, 4) is 0 Å². The average molecular weight is 373 g/mol. The average Bonchev–Trinajstić information content (AvgIpc) is 2.61. The molecule has 3 nitrogen and oxygen atoms in total. The minimum Gasteiger partial charge on any atom is -0.368 e. The lowest BCUT2D eigenvalue weighted by atomic mass is 10.1. The Bertz CT molecular complexity index is 693. The van der Waals surface area contributed by atoms with Crippen LogP contribution < -0.4 is 4.90 Å². The molecule has 120 valence electrons. The van der Waals surface area contributed by atoms with Gasteiger partial charge in [0, 0.05) is 41.9 Å². The van der Waals surface area contributed by atoms with E-state index in [4.69, 9.17) is 0 Å². The Kier molecular flexibility index (Phi) is 5.01. The van der Waals surface area contributed by atoms with Gasteiger partial charge in [-0.1, -0.05) is 47.1 Å². The Balaban J connectivity index is 1.67. The van der Waals surface area contributed by atoms with Crippen molar-refractivity contribution in [1.29, 1.82) is 0 Å². The summed E-state index contributed by atoms with van der Waals surface area (Å²) in [5, 5.41) is 0. The number of piperazine rings is 1. The lowest BCUT2D eigenvalue weighted by Gasteiger charge is -2.37. The molecule has 1 amide bonds. The number of carbonyl (C=O) groups is 1. The van der Waals surface area contributed by atoms with Crippen molar-refractivity contribution in [2.75, 3.05) is 31.1 Å². The summed E-state index contributed by atoms with van der Waals surface area (Å²) in [6.07, 6.45) is 1.04. The number of halogens is 1. The van der Waals surface area contributed by atoms with Gasteiger partial charge in [0.1, 0.15) is 0 Å². The van der Waals surface area contributed by atoms with Crippen LogP contribution in [0.5, 0.6) is 0 Å². The van der Waals surface area contributed by atoms with Crippen molar-refractivity contribution in [2.45, 2.75) is 13.3 Å². The minimum absolute atomic E-state index is 0.120. The Hall–Kier alpha value is -1.81. The zero-order chi connectivity index (χ0) is 16.2. The molecule has 0 unspecified atom stereocenters. The zero-order valence-electron chi connectivity index (χ0n) is 13.3. The second-order valence-electron chi connectivity index (χ2n) is 5.77. The standard InChI is InChI=1S/C19H21BrN2O/c1-2-15-6-3-4-9-18(15)21-10-12-22(13-11-21)19(23)16-7-5-8-17(20)14-16/h3-9,14H,2,10-13H2,1H3. The molecule has 0 aliphatic carbocycles. The molecular weight excluding hydrogens is 352 g/mol. The minimum atomic E-state index is 0.120. The number of anilines is 1. The zero-order valence-corrected chi connectivity index (χ0v) is 14.9. The molecule has 0 radical (unpaired) electrons. The molecule has 1 saturated heterocycles. The van der Waals surface area contributed by atoms with Crippen molar-refractivity contribution >= 4 is 27.5 Å². The summed E-state index contributed by atoms with van der Waals surface area (Å²) >= 11 is 3.43. The van der Waals surface area contributed by atoms with E-state index in [1.807, 2.05) is 29.2 Å². The predicted molar refractivity (Wildman–Crippen MR) is 98.1 cm³/mol. The van der Waals surface area contributed by atoms with E-state index in [0.29, 0.717) is 0 Å². The quantitative estimate of drug-likeness (QED) is 0.813. The van der Waals surface area contributed by atoms with E-state index in [0.717, 1.165) is 42.6 Å². The fourth-order valence-corrected chi connectivity index (χ4v) is 3.47. The summed E-state index contributed by atoms with van der Waals surface area (Å²) in [7, 11) is 0. The molecule has 0 spiro atoms. The number of rotatable bonds is 3. The molecule has 0 aromatic heterocycles. The molecule has 23 heavy (non-hydrogen) atoms. The molecule has 1 heterocycles. The van der Waals surface area contributed by atoms with E-state index in [1.165, 1.54) is 11.3 Å². The monoisotopic (exact) mass is 372 g/mol. The number of aryl methyl sites for hydroxylation is 1. The van der Waals surface area contributed by atoms with E-state index in [9.17, 15) is 4.79 Å². The van der Waals surface area contributed by atoms with Crippen LogP contribution in [0.2, 0.25) is 0 Å². The van der Waals surface area contributed by atoms with Gasteiger partial charge in [-0.3, -0.25) is 4.79 Å². The molecule has 0 N–H and O–H groups in total. The first-order chi connectivity index (χ1) is 11.2. The molecular formula is C19H21BrN2O. The first-order valence-corrected chi connectivity index (χ1v) is 8.86. The molecule has 0 bridgehead atoms. The van der Waals surface area contributed by atoms with Crippen molar-refractivity contribution in [3.05, 3.63) is 64.1 Å². The van der Waals surface area contributed by atoms with Crippen LogP contribution in [0, 0.1) is 0 Å². The number of amides is 1. The summed E-state index contributed by atoms with van der Waals surface area (Å²) < 4.78 is 0.943. The largest absolute Gasteiger partial charge is 0.368 e. The Labute approximate surface area is 146 Å². The summed E-state index contributed by atoms with van der Waals surface area (Å²) in [6.45, 7) is 5.49. The number of hydrogen-bond donors (Lipinski definition) is 0. The summed E-state index contributed by atoms with van der Waals surface area (Å²) in [6, 6.07) is 16.2. The molecule has 2 aromatic carbocycles. The van der Waals surface area contributed by atoms with Gasteiger partial charge in [0.25, 0.3) is 5.91 Å². The maximum Gasteiger partial charge on any atom is 0.254 e. The van der Waals surface area contributed by atoms with E-state index in [1.54, 1.807) is 0 Å². The first kappa shape index (κ1) is 16.1. The normalized spacial score (nSPS) is 14.9. The fourth-order valence-electron chi connectivity index (χ4n) is 3.07. The maximum absolute atomic E-state index is 12.6. The van der Waals surface area contributed by atoms with E-state index >= 15 is 0 Å². The number of hydrogen-bond acceptors (Lipinski definition) is 2. The Morgan fingerprint density at radius 3 is 2.48 bits per heavy atom. The molecule has 1 aliphatic rings. The molecule has 4 heteroatoms. The van der Waals surface area contributed by atoms with Crippen LogP contribution in [0.1, 0.15) is 22.8 Å². The summed E-state index contributed by atoms with van der Waals surface area (Å²) in [5.74, 6) is 0.120. The predicted octanol–water partition coefficient (Wildman–Crippen LogP) is 3.97. The van der Waals surface area contributed by atoms with Gasteiger partial charge in [0.2, 0.25) is 0 Å². The Morgan fingerprint density at radius 2 is 1.78 bits per heavy atom. The number of benzene rings is 2. The van der Waals surface area contributed by atoms with E-state index in [2.05, 4.69) is 52.0 Å². The van der Waals surface area contributed by atoms with Gasteiger partial charge >= 0.3 is 0 Å². The van der Waals surface area contributed by atoms with Gasteiger partial charge < -0.3 is 9.80 Å². The fraction of sp³-hybridized carbons (Fsp3) is 0.316. The molecule has 3 rings (SSSR count).